The van der Waals surface area contributed by atoms with Gasteiger partial charge in [0.05, 0.1) is 0 Å². The van der Waals surface area contributed by atoms with E-state index in [0.717, 1.165) is 17.4 Å². The summed E-state index contributed by atoms with van der Waals surface area (Å²) >= 11 is 1.30. The lowest BCUT2D eigenvalue weighted by molar-refractivity contribution is -0.116. The monoisotopic (exact) mass is 397 g/mol. The number of hydrogen-bond donors (Lipinski definition) is 2. The topological polar surface area (TPSA) is 71.1 Å². The lowest BCUT2D eigenvalue weighted by Gasteiger charge is -2.28. The number of aryl methyl sites for hydroxylation is 1. The van der Waals surface area contributed by atoms with E-state index in [0.29, 0.717) is 29.6 Å². The van der Waals surface area contributed by atoms with Gasteiger partial charge in [0, 0.05) is 17.8 Å². The first-order valence-corrected chi connectivity index (χ1v) is 11.1. The molecule has 2 aromatic rings. The molecule has 2 aliphatic carbocycles. The first kappa shape index (κ1) is 19.1. The van der Waals surface area contributed by atoms with Crippen LogP contribution in [-0.4, -0.2) is 22.8 Å². The van der Waals surface area contributed by atoms with E-state index in [1.165, 1.54) is 37.0 Å². The van der Waals surface area contributed by atoms with Gasteiger partial charge in [-0.3, -0.25) is 9.59 Å². The van der Waals surface area contributed by atoms with Crippen LogP contribution in [-0.2, 0) is 11.2 Å². The lowest BCUT2D eigenvalue weighted by atomic mass is 9.84. The van der Waals surface area contributed by atoms with Crippen LogP contribution in [0.3, 0.4) is 0 Å². The largest absolute Gasteiger partial charge is 0.348 e. The number of rotatable bonds is 7. The summed E-state index contributed by atoms with van der Waals surface area (Å²) in [5.41, 5.74) is 1.52. The SMILES string of the molecule is CC(NC(=O)c1csc(NC(=O)CCc2ccccc2)n1)C1CC2CCC1C2. The molecule has 2 N–H and O–H groups in total. The summed E-state index contributed by atoms with van der Waals surface area (Å²) in [5.74, 6) is 2.01. The maximum atomic E-state index is 12.5. The number of nitrogens with one attached hydrogen (secondary N) is 2. The normalized spacial score (nSPS) is 24.1. The average Bonchev–Trinajstić information content (AvgIpc) is 3.44. The Morgan fingerprint density at radius 1 is 1.21 bits per heavy atom. The van der Waals surface area contributed by atoms with Crippen LogP contribution in [0.2, 0.25) is 0 Å². The van der Waals surface area contributed by atoms with Gasteiger partial charge in [0.2, 0.25) is 5.91 Å². The summed E-state index contributed by atoms with van der Waals surface area (Å²) in [6.07, 6.45) is 6.33. The zero-order chi connectivity index (χ0) is 19.5. The number of benzene rings is 1. The molecule has 0 radical (unpaired) electrons. The fourth-order valence-corrected chi connectivity index (χ4v) is 5.52. The van der Waals surface area contributed by atoms with E-state index >= 15 is 0 Å². The fraction of sp³-hybridized carbons (Fsp3) is 0.500. The van der Waals surface area contributed by atoms with Gasteiger partial charge < -0.3 is 10.6 Å². The zero-order valence-corrected chi connectivity index (χ0v) is 17.0. The Hall–Kier alpha value is -2.21. The second kappa shape index (κ2) is 8.43. The minimum absolute atomic E-state index is 0.0829. The third-order valence-corrected chi connectivity index (χ3v) is 7.02. The van der Waals surface area contributed by atoms with E-state index in [-0.39, 0.29) is 17.9 Å². The Bertz CT molecular complexity index is 835. The molecule has 1 aromatic carbocycles. The number of aromatic nitrogens is 1. The van der Waals surface area contributed by atoms with Crippen LogP contribution in [0.4, 0.5) is 5.13 Å². The van der Waals surface area contributed by atoms with Crippen molar-refractivity contribution in [1.82, 2.24) is 10.3 Å². The highest BCUT2D eigenvalue weighted by Crippen LogP contribution is 2.49. The lowest BCUT2D eigenvalue weighted by Crippen LogP contribution is -2.40. The molecule has 1 heterocycles. The van der Waals surface area contributed by atoms with Gasteiger partial charge in [-0.2, -0.15) is 0 Å². The van der Waals surface area contributed by atoms with Gasteiger partial charge in [-0.05, 0) is 55.9 Å². The van der Waals surface area contributed by atoms with Crippen molar-refractivity contribution in [1.29, 1.82) is 0 Å². The van der Waals surface area contributed by atoms with E-state index in [4.69, 9.17) is 0 Å². The highest BCUT2D eigenvalue weighted by Gasteiger charge is 2.42. The number of anilines is 1. The molecule has 2 fully saturated rings. The first-order chi connectivity index (χ1) is 13.6. The molecule has 4 rings (SSSR count). The first-order valence-electron chi connectivity index (χ1n) is 10.2. The summed E-state index contributed by atoms with van der Waals surface area (Å²) in [6.45, 7) is 2.11. The molecule has 2 aliphatic rings. The number of hydrogen-bond acceptors (Lipinski definition) is 4. The molecule has 4 unspecified atom stereocenters. The predicted octanol–water partition coefficient (Wildman–Crippen LogP) is 4.27. The Labute approximate surface area is 170 Å². The van der Waals surface area contributed by atoms with E-state index in [1.54, 1.807) is 5.38 Å². The maximum absolute atomic E-state index is 12.5. The van der Waals surface area contributed by atoms with E-state index < -0.39 is 0 Å². The molecule has 5 nitrogen and oxygen atoms in total. The van der Waals surface area contributed by atoms with Crippen molar-refractivity contribution in [3.63, 3.8) is 0 Å². The minimum atomic E-state index is -0.142. The van der Waals surface area contributed by atoms with Crippen molar-refractivity contribution >= 4 is 28.3 Å². The van der Waals surface area contributed by atoms with Gasteiger partial charge in [-0.1, -0.05) is 36.8 Å². The van der Waals surface area contributed by atoms with Crippen LogP contribution in [0.15, 0.2) is 35.7 Å². The third-order valence-electron chi connectivity index (χ3n) is 6.26. The van der Waals surface area contributed by atoms with Gasteiger partial charge in [0.15, 0.2) is 5.13 Å². The maximum Gasteiger partial charge on any atom is 0.271 e. The van der Waals surface area contributed by atoms with Gasteiger partial charge in [0.25, 0.3) is 5.91 Å². The van der Waals surface area contributed by atoms with Crippen molar-refractivity contribution in [3.05, 3.63) is 47.0 Å². The molecule has 1 aromatic heterocycles. The summed E-state index contributed by atoms with van der Waals surface area (Å²) in [5, 5.41) is 8.14. The highest BCUT2D eigenvalue weighted by atomic mass is 32.1. The summed E-state index contributed by atoms with van der Waals surface area (Å²) in [7, 11) is 0. The van der Waals surface area contributed by atoms with Crippen LogP contribution in [0.25, 0.3) is 0 Å². The Morgan fingerprint density at radius 2 is 2.04 bits per heavy atom. The molecule has 2 amide bonds. The van der Waals surface area contributed by atoms with Crippen LogP contribution < -0.4 is 10.6 Å². The second-order valence-corrected chi connectivity index (χ2v) is 9.03. The number of fused-ring (bicyclic) bond motifs is 2. The van der Waals surface area contributed by atoms with Crippen LogP contribution in [0.5, 0.6) is 0 Å². The molecule has 0 saturated heterocycles. The number of nitrogens with zero attached hydrogens (tertiary/aromatic N) is 1. The van der Waals surface area contributed by atoms with Crippen LogP contribution in [0, 0.1) is 17.8 Å². The van der Waals surface area contributed by atoms with Crippen LogP contribution >= 0.6 is 11.3 Å². The van der Waals surface area contributed by atoms with Gasteiger partial charge >= 0.3 is 0 Å². The van der Waals surface area contributed by atoms with Gasteiger partial charge in [0.1, 0.15) is 5.69 Å². The molecule has 28 heavy (non-hydrogen) atoms. The second-order valence-electron chi connectivity index (χ2n) is 8.17. The summed E-state index contributed by atoms with van der Waals surface area (Å²) < 4.78 is 0. The minimum Gasteiger partial charge on any atom is -0.348 e. The standard InChI is InChI=1S/C22H27N3O2S/c1-14(18-12-16-7-9-17(18)11-16)23-21(27)19-13-28-22(24-19)25-20(26)10-8-15-5-3-2-4-6-15/h2-6,13-14,16-18H,7-12H2,1H3,(H,23,27)(H,24,25,26). The Balaban J connectivity index is 1.26. The number of carbonyl (C=O) groups excluding carboxylic acids is 2. The molecule has 0 spiro atoms. The number of amides is 2. The molecule has 6 heteroatoms. The quantitative estimate of drug-likeness (QED) is 0.733. The molecule has 0 aliphatic heterocycles. The van der Waals surface area contributed by atoms with Gasteiger partial charge in [-0.25, -0.2) is 4.98 Å². The predicted molar refractivity (Wildman–Crippen MR) is 111 cm³/mol. The van der Waals surface area contributed by atoms with E-state index in [2.05, 4.69) is 22.5 Å². The molecule has 148 valence electrons. The highest BCUT2D eigenvalue weighted by molar-refractivity contribution is 7.14. The average molecular weight is 398 g/mol. The zero-order valence-electron chi connectivity index (χ0n) is 16.2. The van der Waals surface area contributed by atoms with E-state index in [9.17, 15) is 9.59 Å². The Morgan fingerprint density at radius 3 is 2.75 bits per heavy atom. The number of carbonyl (C=O) groups is 2. The molecular formula is C22H27N3O2S. The molecule has 4 atom stereocenters. The van der Waals surface area contributed by atoms with Crippen molar-refractivity contribution in [3.8, 4) is 0 Å². The summed E-state index contributed by atoms with van der Waals surface area (Å²) in [6, 6.07) is 10.1. The number of thiazole rings is 1. The van der Waals surface area contributed by atoms with Gasteiger partial charge in [-0.15, -0.1) is 11.3 Å². The summed E-state index contributed by atoms with van der Waals surface area (Å²) in [4.78, 5) is 29.0. The smallest absolute Gasteiger partial charge is 0.271 e. The molecular weight excluding hydrogens is 370 g/mol. The fourth-order valence-electron chi connectivity index (χ4n) is 4.81. The van der Waals surface area contributed by atoms with Crippen molar-refractivity contribution in [2.24, 2.45) is 17.8 Å². The molecule has 2 saturated carbocycles. The van der Waals surface area contributed by atoms with Crippen molar-refractivity contribution < 1.29 is 9.59 Å². The third kappa shape index (κ3) is 4.43. The van der Waals surface area contributed by atoms with Crippen LogP contribution in [0.1, 0.15) is 55.1 Å². The van der Waals surface area contributed by atoms with E-state index in [1.807, 2.05) is 30.3 Å². The molecule has 2 bridgehead atoms. The van der Waals surface area contributed by atoms with Crippen molar-refractivity contribution in [2.75, 3.05) is 5.32 Å². The Kier molecular flexibility index (Phi) is 5.76. The van der Waals surface area contributed by atoms with Crippen molar-refractivity contribution in [2.45, 2.75) is 51.5 Å².